The smallest absolute Gasteiger partial charge is 0.236 e. The van der Waals surface area contributed by atoms with Gasteiger partial charge in [0.05, 0.1) is 6.54 Å². The number of carbonyl (C=O) groups excluding carboxylic acids is 3. The first-order chi connectivity index (χ1) is 13.5. The van der Waals surface area contributed by atoms with Crippen LogP contribution < -0.4 is 5.32 Å². The topological polar surface area (TPSA) is 73.0 Å². The summed E-state index contributed by atoms with van der Waals surface area (Å²) in [7, 11) is 0. The molecule has 2 aliphatic rings. The molecule has 1 aromatic carbocycles. The highest BCUT2D eigenvalue weighted by atomic mass is 16.2. The minimum Gasteiger partial charge on any atom is -0.342 e. The fraction of sp³-hybridized carbons (Fsp3) is 0.571. The third-order valence-corrected chi connectivity index (χ3v) is 5.51. The minimum atomic E-state index is -0.0257. The van der Waals surface area contributed by atoms with Crippen LogP contribution in [0.3, 0.4) is 0 Å². The summed E-state index contributed by atoms with van der Waals surface area (Å²) < 4.78 is 0. The van der Waals surface area contributed by atoms with Gasteiger partial charge in [0.1, 0.15) is 0 Å². The fourth-order valence-corrected chi connectivity index (χ4v) is 3.70. The second-order valence-electron chi connectivity index (χ2n) is 7.64. The number of ketones is 1. The van der Waals surface area contributed by atoms with Crippen LogP contribution in [0, 0.1) is 0 Å². The van der Waals surface area contributed by atoms with Gasteiger partial charge in [0, 0.05) is 63.5 Å². The molecule has 2 amide bonds. The number of hydrogen-bond donors (Lipinski definition) is 1. The van der Waals surface area contributed by atoms with Gasteiger partial charge in [-0.2, -0.15) is 0 Å². The van der Waals surface area contributed by atoms with E-state index in [-0.39, 0.29) is 17.6 Å². The van der Waals surface area contributed by atoms with E-state index in [0.717, 1.165) is 52.1 Å². The number of nitrogens with one attached hydrogen (secondary N) is 1. The number of hydrogen-bond acceptors (Lipinski definition) is 5. The molecule has 7 nitrogen and oxygen atoms in total. The average Bonchev–Trinajstić information content (AvgIpc) is 3.23. The van der Waals surface area contributed by atoms with Crippen molar-refractivity contribution >= 4 is 23.3 Å². The lowest BCUT2D eigenvalue weighted by atomic mass is 10.1. The Balaban J connectivity index is 1.33. The predicted octanol–water partition coefficient (Wildman–Crippen LogP) is 1.46. The molecule has 2 saturated heterocycles. The van der Waals surface area contributed by atoms with Crippen LogP contribution in [0.5, 0.6) is 0 Å². The van der Waals surface area contributed by atoms with Crippen molar-refractivity contribution in [3.8, 4) is 0 Å². The number of nitrogens with zero attached hydrogens (tertiary/aromatic N) is 3. The van der Waals surface area contributed by atoms with E-state index in [2.05, 4.69) is 15.1 Å². The Morgan fingerprint density at radius 2 is 1.50 bits per heavy atom. The normalized spacial score (nSPS) is 18.2. The first kappa shape index (κ1) is 20.5. The van der Waals surface area contributed by atoms with Gasteiger partial charge >= 0.3 is 0 Å². The highest BCUT2D eigenvalue weighted by Gasteiger charge is 2.23. The lowest BCUT2D eigenvalue weighted by Gasteiger charge is -2.34. The fourth-order valence-electron chi connectivity index (χ4n) is 3.70. The second kappa shape index (κ2) is 9.80. The maximum absolute atomic E-state index is 12.2. The van der Waals surface area contributed by atoms with Crippen molar-refractivity contribution in [3.05, 3.63) is 29.8 Å². The van der Waals surface area contributed by atoms with Crippen LogP contribution in [0.1, 0.15) is 36.5 Å². The molecule has 0 unspecified atom stereocenters. The molecule has 152 valence electrons. The molecule has 0 spiro atoms. The molecule has 2 aliphatic heterocycles. The maximum atomic E-state index is 12.2. The monoisotopic (exact) mass is 386 g/mol. The molecule has 1 N–H and O–H groups in total. The molecule has 0 radical (unpaired) electrons. The standard InChI is InChI=1S/C21H30N4O3/c1-17(26)18-4-6-19(7-5-18)22-20(27)8-11-23-12-14-24(15-13-23)16-21(28)25-9-2-3-10-25/h4-7H,2-3,8-16H2,1H3,(H,22,27). The van der Waals surface area contributed by atoms with Crippen molar-refractivity contribution in [1.82, 2.24) is 14.7 Å². The number of Topliss-reactive ketones (excluding diaryl/α,β-unsaturated/α-hetero) is 1. The average molecular weight is 386 g/mol. The number of amides is 2. The van der Waals surface area contributed by atoms with Gasteiger partial charge in [0.25, 0.3) is 0 Å². The van der Waals surface area contributed by atoms with Crippen molar-refractivity contribution < 1.29 is 14.4 Å². The number of piperazine rings is 1. The van der Waals surface area contributed by atoms with E-state index in [4.69, 9.17) is 0 Å². The second-order valence-corrected chi connectivity index (χ2v) is 7.64. The molecule has 0 aliphatic carbocycles. The summed E-state index contributed by atoms with van der Waals surface area (Å²) in [6.07, 6.45) is 2.69. The summed E-state index contributed by atoms with van der Waals surface area (Å²) in [5.41, 5.74) is 1.35. The quantitative estimate of drug-likeness (QED) is 0.719. The number of benzene rings is 1. The molecule has 1 aromatic rings. The molecule has 0 saturated carbocycles. The van der Waals surface area contributed by atoms with Gasteiger partial charge in [-0.3, -0.25) is 19.3 Å². The van der Waals surface area contributed by atoms with Gasteiger partial charge in [-0.05, 0) is 44.0 Å². The molecule has 2 fully saturated rings. The zero-order chi connectivity index (χ0) is 19.9. The van der Waals surface area contributed by atoms with Crippen LogP contribution in [0.25, 0.3) is 0 Å². The van der Waals surface area contributed by atoms with E-state index in [9.17, 15) is 14.4 Å². The van der Waals surface area contributed by atoms with Crippen molar-refractivity contribution in [1.29, 1.82) is 0 Å². The molecular formula is C21H30N4O3. The number of anilines is 1. The van der Waals surface area contributed by atoms with Crippen LogP contribution in [0.4, 0.5) is 5.69 Å². The lowest BCUT2D eigenvalue weighted by Crippen LogP contribution is -2.50. The number of carbonyl (C=O) groups is 3. The summed E-state index contributed by atoms with van der Waals surface area (Å²) in [5.74, 6) is 0.238. The van der Waals surface area contributed by atoms with Crippen LogP contribution in [0.2, 0.25) is 0 Å². The van der Waals surface area contributed by atoms with E-state index in [0.29, 0.717) is 30.8 Å². The Labute approximate surface area is 166 Å². The van der Waals surface area contributed by atoms with E-state index >= 15 is 0 Å². The summed E-state index contributed by atoms with van der Waals surface area (Å²) in [6, 6.07) is 6.96. The predicted molar refractivity (Wildman–Crippen MR) is 108 cm³/mol. The Morgan fingerprint density at radius 1 is 0.893 bits per heavy atom. The van der Waals surface area contributed by atoms with Crippen LogP contribution in [-0.2, 0) is 9.59 Å². The number of likely N-dealkylation sites (tertiary alicyclic amines) is 1. The van der Waals surface area contributed by atoms with Crippen molar-refractivity contribution in [2.75, 3.05) is 57.7 Å². The summed E-state index contributed by atoms with van der Waals surface area (Å²) in [4.78, 5) is 42.2. The highest BCUT2D eigenvalue weighted by molar-refractivity contribution is 5.95. The van der Waals surface area contributed by atoms with Gasteiger partial charge in [-0.25, -0.2) is 0 Å². The largest absolute Gasteiger partial charge is 0.342 e. The zero-order valence-corrected chi connectivity index (χ0v) is 16.7. The molecule has 0 aromatic heterocycles. The van der Waals surface area contributed by atoms with E-state index < -0.39 is 0 Å². The number of rotatable bonds is 7. The Morgan fingerprint density at radius 3 is 2.11 bits per heavy atom. The minimum absolute atomic E-state index is 0.0131. The van der Waals surface area contributed by atoms with Crippen LogP contribution >= 0.6 is 0 Å². The first-order valence-electron chi connectivity index (χ1n) is 10.1. The highest BCUT2D eigenvalue weighted by Crippen LogP contribution is 2.12. The third-order valence-electron chi connectivity index (χ3n) is 5.51. The Bertz CT molecular complexity index is 690. The Kier molecular flexibility index (Phi) is 7.17. The molecular weight excluding hydrogens is 356 g/mol. The summed E-state index contributed by atoms with van der Waals surface area (Å²) in [6.45, 7) is 8.07. The van der Waals surface area contributed by atoms with Crippen molar-refractivity contribution in [3.63, 3.8) is 0 Å². The SMILES string of the molecule is CC(=O)c1ccc(NC(=O)CCN2CCN(CC(=O)N3CCCC3)CC2)cc1. The van der Waals surface area contributed by atoms with Crippen LogP contribution in [-0.4, -0.2) is 84.7 Å². The Hall–Kier alpha value is -2.25. The molecule has 0 bridgehead atoms. The molecule has 28 heavy (non-hydrogen) atoms. The van der Waals surface area contributed by atoms with Crippen molar-refractivity contribution in [2.45, 2.75) is 26.2 Å². The van der Waals surface area contributed by atoms with Gasteiger partial charge in [-0.15, -0.1) is 0 Å². The summed E-state index contributed by atoms with van der Waals surface area (Å²) in [5, 5.41) is 2.88. The van der Waals surface area contributed by atoms with Crippen molar-refractivity contribution in [2.24, 2.45) is 0 Å². The lowest BCUT2D eigenvalue weighted by molar-refractivity contribution is -0.131. The zero-order valence-electron chi connectivity index (χ0n) is 16.7. The first-order valence-corrected chi connectivity index (χ1v) is 10.1. The van der Waals surface area contributed by atoms with Gasteiger partial charge in [0.15, 0.2) is 5.78 Å². The van der Waals surface area contributed by atoms with E-state index in [1.807, 2.05) is 4.90 Å². The van der Waals surface area contributed by atoms with E-state index in [1.54, 1.807) is 24.3 Å². The third kappa shape index (κ3) is 5.87. The molecule has 3 rings (SSSR count). The van der Waals surface area contributed by atoms with E-state index in [1.165, 1.54) is 6.92 Å². The molecule has 0 atom stereocenters. The van der Waals surface area contributed by atoms with Gasteiger partial charge in [-0.1, -0.05) is 0 Å². The van der Waals surface area contributed by atoms with Gasteiger partial charge in [0.2, 0.25) is 11.8 Å². The molecule has 7 heteroatoms. The maximum Gasteiger partial charge on any atom is 0.236 e. The van der Waals surface area contributed by atoms with Crippen LogP contribution in [0.15, 0.2) is 24.3 Å². The van der Waals surface area contributed by atoms with Gasteiger partial charge < -0.3 is 15.1 Å². The summed E-state index contributed by atoms with van der Waals surface area (Å²) >= 11 is 0. The molecule has 2 heterocycles.